The number of carbonyl (C=O) groups excluding carboxylic acids is 1. The lowest BCUT2D eigenvalue weighted by Gasteiger charge is -2.50. The number of halogens is 3. The predicted molar refractivity (Wildman–Crippen MR) is 95.3 cm³/mol. The SMILES string of the molecule is CC12CC(NC(=O)N1c1cc(Cl)cc(Cl)c1)c1cc(Cl)ccc1O2. The van der Waals surface area contributed by atoms with Crippen molar-refractivity contribution in [3.05, 3.63) is 57.0 Å². The Balaban J connectivity index is 1.82. The van der Waals surface area contributed by atoms with Crippen LogP contribution in [-0.2, 0) is 0 Å². The molecular formula is C17H13Cl3N2O2. The fourth-order valence-corrected chi connectivity index (χ4v) is 4.10. The summed E-state index contributed by atoms with van der Waals surface area (Å²) < 4.78 is 6.18. The highest BCUT2D eigenvalue weighted by atomic mass is 35.5. The van der Waals surface area contributed by atoms with Crippen LogP contribution in [0.5, 0.6) is 5.75 Å². The van der Waals surface area contributed by atoms with E-state index in [2.05, 4.69) is 5.32 Å². The lowest BCUT2D eigenvalue weighted by molar-refractivity contribution is 0.0379. The molecule has 2 aliphatic heterocycles. The quantitative estimate of drug-likeness (QED) is 0.714. The minimum absolute atomic E-state index is 0.157. The van der Waals surface area contributed by atoms with Gasteiger partial charge in [-0.05, 0) is 43.3 Å². The van der Waals surface area contributed by atoms with Crippen molar-refractivity contribution in [1.82, 2.24) is 5.32 Å². The number of hydrogen-bond acceptors (Lipinski definition) is 2. The van der Waals surface area contributed by atoms with Crippen molar-refractivity contribution in [1.29, 1.82) is 0 Å². The van der Waals surface area contributed by atoms with Crippen LogP contribution >= 0.6 is 34.8 Å². The molecule has 2 aliphatic rings. The zero-order valence-corrected chi connectivity index (χ0v) is 14.9. The molecule has 1 fully saturated rings. The average molecular weight is 384 g/mol. The number of amides is 2. The van der Waals surface area contributed by atoms with Crippen molar-refractivity contribution in [2.45, 2.75) is 25.1 Å². The van der Waals surface area contributed by atoms with E-state index < -0.39 is 5.72 Å². The number of nitrogens with zero attached hydrogens (tertiary/aromatic N) is 1. The third kappa shape index (κ3) is 2.50. The summed E-state index contributed by atoms with van der Waals surface area (Å²) in [4.78, 5) is 14.3. The van der Waals surface area contributed by atoms with Crippen molar-refractivity contribution >= 4 is 46.5 Å². The van der Waals surface area contributed by atoms with E-state index in [4.69, 9.17) is 39.5 Å². The molecule has 2 aromatic carbocycles. The monoisotopic (exact) mass is 382 g/mol. The molecule has 2 aromatic rings. The van der Waals surface area contributed by atoms with Crippen molar-refractivity contribution in [3.63, 3.8) is 0 Å². The molecule has 0 aliphatic carbocycles. The van der Waals surface area contributed by atoms with Gasteiger partial charge >= 0.3 is 6.03 Å². The van der Waals surface area contributed by atoms with E-state index in [9.17, 15) is 4.79 Å². The molecule has 0 spiro atoms. The number of benzene rings is 2. The van der Waals surface area contributed by atoms with Gasteiger partial charge in [-0.1, -0.05) is 34.8 Å². The molecule has 1 N–H and O–H groups in total. The first-order valence-electron chi connectivity index (χ1n) is 7.41. The van der Waals surface area contributed by atoms with E-state index >= 15 is 0 Å². The molecule has 2 amide bonds. The van der Waals surface area contributed by atoms with Crippen LogP contribution in [-0.4, -0.2) is 11.8 Å². The van der Waals surface area contributed by atoms with Crippen LogP contribution in [0.2, 0.25) is 15.1 Å². The van der Waals surface area contributed by atoms with Gasteiger partial charge in [-0.15, -0.1) is 0 Å². The Morgan fingerprint density at radius 3 is 2.54 bits per heavy atom. The van der Waals surface area contributed by atoms with E-state index in [1.165, 1.54) is 0 Å². The van der Waals surface area contributed by atoms with Crippen molar-refractivity contribution in [2.24, 2.45) is 0 Å². The van der Waals surface area contributed by atoms with Crippen molar-refractivity contribution in [2.75, 3.05) is 4.90 Å². The Bertz CT molecular complexity index is 837. The molecule has 7 heteroatoms. The normalized spacial score (nSPS) is 24.9. The number of carbonyl (C=O) groups is 1. The van der Waals surface area contributed by atoms with E-state index in [0.717, 1.165) is 5.56 Å². The Morgan fingerprint density at radius 2 is 1.83 bits per heavy atom. The minimum atomic E-state index is -0.845. The Kier molecular flexibility index (Phi) is 3.60. The highest BCUT2D eigenvalue weighted by Gasteiger charge is 2.49. The van der Waals surface area contributed by atoms with Crippen LogP contribution in [0.4, 0.5) is 10.5 Å². The topological polar surface area (TPSA) is 41.6 Å². The number of rotatable bonds is 1. The number of nitrogens with one attached hydrogen (secondary N) is 1. The highest BCUT2D eigenvalue weighted by molar-refractivity contribution is 6.35. The summed E-state index contributed by atoms with van der Waals surface area (Å²) in [6.07, 6.45) is 0.580. The predicted octanol–water partition coefficient (Wildman–Crippen LogP) is 5.42. The standard InChI is InChI=1S/C17H13Cl3N2O2/c1-17-8-14(13-7-9(18)2-3-15(13)24-17)21-16(23)22(17)12-5-10(19)4-11(20)6-12/h2-7,14H,8H2,1H3,(H,21,23). The number of fused-ring (bicyclic) bond motifs is 4. The van der Waals surface area contributed by atoms with Gasteiger partial charge in [0.2, 0.25) is 0 Å². The molecule has 124 valence electrons. The first kappa shape index (κ1) is 15.9. The molecule has 4 nitrogen and oxygen atoms in total. The molecule has 24 heavy (non-hydrogen) atoms. The van der Waals surface area contributed by atoms with Gasteiger partial charge in [0.1, 0.15) is 5.75 Å². The zero-order chi connectivity index (χ0) is 17.1. The van der Waals surface area contributed by atoms with Crippen LogP contribution in [0, 0.1) is 0 Å². The third-order valence-electron chi connectivity index (χ3n) is 4.34. The molecule has 2 bridgehead atoms. The van der Waals surface area contributed by atoms with Crippen LogP contribution in [0.1, 0.15) is 24.9 Å². The average Bonchev–Trinajstić information content (AvgIpc) is 2.46. The Labute approximate surface area is 154 Å². The van der Waals surface area contributed by atoms with Gasteiger partial charge in [-0.3, -0.25) is 4.90 Å². The molecule has 2 unspecified atom stereocenters. The van der Waals surface area contributed by atoms with Crippen molar-refractivity contribution in [3.8, 4) is 5.75 Å². The van der Waals surface area contributed by atoms with Crippen molar-refractivity contribution < 1.29 is 9.53 Å². The first-order chi connectivity index (χ1) is 11.4. The number of ether oxygens (including phenoxy) is 1. The number of anilines is 1. The van der Waals surface area contributed by atoms with E-state index in [1.807, 2.05) is 19.1 Å². The summed E-state index contributed by atoms with van der Waals surface area (Å²) >= 11 is 18.3. The Morgan fingerprint density at radius 1 is 1.12 bits per heavy atom. The second-order valence-corrected chi connectivity index (χ2v) is 7.44. The summed E-state index contributed by atoms with van der Waals surface area (Å²) in [5.41, 5.74) is 0.627. The van der Waals surface area contributed by atoms with Gasteiger partial charge in [0.25, 0.3) is 0 Å². The molecule has 2 heterocycles. The summed E-state index contributed by atoms with van der Waals surface area (Å²) in [6.45, 7) is 1.88. The van der Waals surface area contributed by atoms with Crippen LogP contribution in [0.3, 0.4) is 0 Å². The molecular weight excluding hydrogens is 371 g/mol. The molecule has 4 rings (SSSR count). The van der Waals surface area contributed by atoms with Gasteiger partial charge < -0.3 is 10.1 Å². The first-order valence-corrected chi connectivity index (χ1v) is 8.54. The largest absolute Gasteiger partial charge is 0.467 e. The second-order valence-electron chi connectivity index (χ2n) is 6.13. The Hall–Kier alpha value is -1.62. The van der Waals surface area contributed by atoms with Gasteiger partial charge in [0.05, 0.1) is 11.7 Å². The highest BCUT2D eigenvalue weighted by Crippen LogP contribution is 2.46. The third-order valence-corrected chi connectivity index (χ3v) is 5.01. The lowest BCUT2D eigenvalue weighted by atomic mass is 9.90. The summed E-state index contributed by atoms with van der Waals surface area (Å²) in [5, 5.41) is 4.53. The van der Waals surface area contributed by atoms with Gasteiger partial charge in [-0.2, -0.15) is 0 Å². The molecule has 0 saturated carbocycles. The van der Waals surface area contributed by atoms with Crippen LogP contribution < -0.4 is 15.0 Å². The number of urea groups is 1. The molecule has 2 atom stereocenters. The maximum absolute atomic E-state index is 12.7. The lowest BCUT2D eigenvalue weighted by Crippen LogP contribution is -2.65. The van der Waals surface area contributed by atoms with Gasteiger partial charge in [0.15, 0.2) is 5.72 Å². The maximum Gasteiger partial charge on any atom is 0.325 e. The zero-order valence-electron chi connectivity index (χ0n) is 12.6. The van der Waals surface area contributed by atoms with Gasteiger partial charge in [-0.25, -0.2) is 4.79 Å². The minimum Gasteiger partial charge on any atom is -0.467 e. The maximum atomic E-state index is 12.7. The molecule has 0 radical (unpaired) electrons. The fourth-order valence-electron chi connectivity index (χ4n) is 3.40. The summed E-state index contributed by atoms with van der Waals surface area (Å²) in [5.74, 6) is 0.705. The van der Waals surface area contributed by atoms with Crippen LogP contribution in [0.25, 0.3) is 0 Å². The molecule has 0 aromatic heterocycles. The van der Waals surface area contributed by atoms with E-state index in [-0.39, 0.29) is 12.1 Å². The summed E-state index contributed by atoms with van der Waals surface area (Å²) in [7, 11) is 0. The second kappa shape index (κ2) is 5.45. The summed E-state index contributed by atoms with van der Waals surface area (Å²) in [6, 6.07) is 10.0. The van der Waals surface area contributed by atoms with Gasteiger partial charge in [0, 0.05) is 27.1 Å². The molecule has 1 saturated heterocycles. The van der Waals surface area contributed by atoms with E-state index in [0.29, 0.717) is 32.9 Å². The van der Waals surface area contributed by atoms with Crippen LogP contribution in [0.15, 0.2) is 36.4 Å². The smallest absolute Gasteiger partial charge is 0.325 e. The number of hydrogen-bond donors (Lipinski definition) is 1. The fraction of sp³-hybridized carbons (Fsp3) is 0.235. The van der Waals surface area contributed by atoms with E-state index in [1.54, 1.807) is 29.2 Å².